The zero-order chi connectivity index (χ0) is 20.8. The summed E-state index contributed by atoms with van der Waals surface area (Å²) in [7, 11) is 0. The summed E-state index contributed by atoms with van der Waals surface area (Å²) in [4.78, 5) is 14.9. The smallest absolute Gasteiger partial charge is 0.475 e. The molecule has 27 heavy (non-hydrogen) atoms. The van der Waals surface area contributed by atoms with E-state index in [1.54, 1.807) is 12.4 Å². The minimum atomic E-state index is -5.08. The molecule has 1 fully saturated rings. The van der Waals surface area contributed by atoms with E-state index in [4.69, 9.17) is 15.6 Å². The number of piperidine rings is 1. The quantitative estimate of drug-likeness (QED) is 0.761. The van der Waals surface area contributed by atoms with Crippen LogP contribution in [0.25, 0.3) is 0 Å². The van der Waals surface area contributed by atoms with Crippen molar-refractivity contribution in [2.75, 3.05) is 19.6 Å². The number of aromatic nitrogens is 1. The molecule has 3 N–H and O–H groups in total. The Morgan fingerprint density at radius 3 is 2.22 bits per heavy atom. The lowest BCUT2D eigenvalue weighted by Crippen LogP contribution is -2.48. The lowest BCUT2D eigenvalue weighted by atomic mass is 9.84. The van der Waals surface area contributed by atoms with Crippen LogP contribution in [0.5, 0.6) is 0 Å². The second kappa shape index (κ2) is 9.36. The topological polar surface area (TPSA) is 79.5 Å². The standard InChI is InChI=1S/C14H20F3N3.C2HF3O2/c1-10(11-2-5-19-6-3-11)20-7-4-13(14(15,16)17)12(8-18)9-20;3-2(4,5)1(6)7/h2-3,5-6,10,12-13H,4,7-9,18H2,1H3;(H,6,7). The largest absolute Gasteiger partial charge is 0.490 e. The number of rotatable bonds is 3. The molecule has 5 nitrogen and oxygen atoms in total. The molecule has 1 aliphatic rings. The average Bonchev–Trinajstić information content (AvgIpc) is 2.60. The molecule has 0 amide bonds. The second-order valence-corrected chi connectivity index (χ2v) is 6.19. The summed E-state index contributed by atoms with van der Waals surface area (Å²) >= 11 is 0. The maximum atomic E-state index is 12.9. The third-order valence-corrected chi connectivity index (χ3v) is 4.47. The molecule has 0 aromatic carbocycles. The zero-order valence-corrected chi connectivity index (χ0v) is 14.5. The average molecular weight is 401 g/mol. The van der Waals surface area contributed by atoms with Crippen LogP contribution < -0.4 is 5.73 Å². The van der Waals surface area contributed by atoms with Crippen molar-refractivity contribution >= 4 is 5.97 Å². The third kappa shape index (κ3) is 6.98. The molecular weight excluding hydrogens is 380 g/mol. The van der Waals surface area contributed by atoms with Crippen molar-refractivity contribution in [1.82, 2.24) is 9.88 Å². The second-order valence-electron chi connectivity index (χ2n) is 6.19. The summed E-state index contributed by atoms with van der Waals surface area (Å²) in [5, 5.41) is 7.12. The molecule has 154 valence electrons. The highest BCUT2D eigenvalue weighted by Gasteiger charge is 2.46. The van der Waals surface area contributed by atoms with Gasteiger partial charge in [-0.2, -0.15) is 26.3 Å². The number of nitrogens with two attached hydrogens (primary N) is 1. The molecule has 1 aromatic rings. The summed E-state index contributed by atoms with van der Waals surface area (Å²) < 4.78 is 70.6. The van der Waals surface area contributed by atoms with E-state index >= 15 is 0 Å². The van der Waals surface area contributed by atoms with Crippen LogP contribution in [0, 0.1) is 11.8 Å². The van der Waals surface area contributed by atoms with Gasteiger partial charge in [-0.05, 0) is 50.0 Å². The van der Waals surface area contributed by atoms with Crippen LogP contribution in [0.3, 0.4) is 0 Å². The van der Waals surface area contributed by atoms with E-state index in [1.807, 2.05) is 19.1 Å². The first kappa shape index (κ1) is 23.2. The van der Waals surface area contributed by atoms with E-state index in [0.29, 0.717) is 13.1 Å². The summed E-state index contributed by atoms with van der Waals surface area (Å²) in [6.45, 7) is 2.93. The number of alkyl halides is 6. The first-order valence-electron chi connectivity index (χ1n) is 8.08. The molecule has 1 saturated heterocycles. The Hall–Kier alpha value is -1.88. The fraction of sp³-hybridized carbons (Fsp3) is 0.625. The third-order valence-electron chi connectivity index (χ3n) is 4.47. The molecular formula is C16H21F6N3O2. The summed E-state index contributed by atoms with van der Waals surface area (Å²) in [6, 6.07) is 3.89. The van der Waals surface area contributed by atoms with Crippen LogP contribution in [-0.2, 0) is 4.79 Å². The van der Waals surface area contributed by atoms with Gasteiger partial charge in [0, 0.05) is 25.0 Å². The molecule has 2 rings (SSSR count). The Balaban J connectivity index is 0.000000445. The minimum Gasteiger partial charge on any atom is -0.475 e. The molecule has 0 bridgehead atoms. The van der Waals surface area contributed by atoms with Gasteiger partial charge in [-0.3, -0.25) is 9.88 Å². The van der Waals surface area contributed by atoms with E-state index < -0.39 is 30.2 Å². The van der Waals surface area contributed by atoms with Crippen LogP contribution in [0.15, 0.2) is 24.5 Å². The Bertz CT molecular complexity index is 594. The minimum absolute atomic E-state index is 0.0732. The van der Waals surface area contributed by atoms with Crippen molar-refractivity contribution in [2.24, 2.45) is 17.6 Å². The normalized spacial score (nSPS) is 22.5. The van der Waals surface area contributed by atoms with Gasteiger partial charge in [-0.1, -0.05) is 0 Å². The van der Waals surface area contributed by atoms with Gasteiger partial charge in [0.2, 0.25) is 0 Å². The Labute approximate surface area is 152 Å². The molecule has 1 aliphatic heterocycles. The Morgan fingerprint density at radius 1 is 1.30 bits per heavy atom. The van der Waals surface area contributed by atoms with E-state index in [2.05, 4.69) is 9.88 Å². The van der Waals surface area contributed by atoms with Crippen molar-refractivity contribution in [1.29, 1.82) is 0 Å². The molecule has 3 atom stereocenters. The van der Waals surface area contributed by atoms with Crippen LogP contribution >= 0.6 is 0 Å². The Morgan fingerprint density at radius 2 is 1.81 bits per heavy atom. The van der Waals surface area contributed by atoms with Crippen LogP contribution in [0.2, 0.25) is 0 Å². The first-order chi connectivity index (χ1) is 12.4. The molecule has 11 heteroatoms. The van der Waals surface area contributed by atoms with Crippen LogP contribution in [0.4, 0.5) is 26.3 Å². The zero-order valence-electron chi connectivity index (χ0n) is 14.5. The fourth-order valence-corrected chi connectivity index (χ4v) is 2.93. The molecule has 0 spiro atoms. The van der Waals surface area contributed by atoms with Gasteiger partial charge < -0.3 is 10.8 Å². The molecule has 1 aromatic heterocycles. The number of carboxylic acids is 1. The molecule has 0 radical (unpaired) electrons. The summed E-state index contributed by atoms with van der Waals surface area (Å²) in [5.41, 5.74) is 6.63. The Kier molecular flexibility index (Phi) is 8.03. The highest BCUT2D eigenvalue weighted by atomic mass is 19.4. The van der Waals surface area contributed by atoms with E-state index in [0.717, 1.165) is 5.56 Å². The fourth-order valence-electron chi connectivity index (χ4n) is 2.93. The number of hydrogen-bond donors (Lipinski definition) is 2. The number of nitrogens with zero attached hydrogens (tertiary/aromatic N) is 2. The lowest BCUT2D eigenvalue weighted by molar-refractivity contribution is -0.200. The van der Waals surface area contributed by atoms with Crippen LogP contribution in [0.1, 0.15) is 24.9 Å². The van der Waals surface area contributed by atoms with Gasteiger partial charge in [-0.25, -0.2) is 4.79 Å². The monoisotopic (exact) mass is 401 g/mol. The molecule has 0 aliphatic carbocycles. The van der Waals surface area contributed by atoms with E-state index in [9.17, 15) is 26.3 Å². The maximum absolute atomic E-state index is 12.9. The molecule has 0 saturated carbocycles. The predicted octanol–water partition coefficient (Wildman–Crippen LogP) is 3.24. The highest BCUT2D eigenvalue weighted by Crippen LogP contribution is 2.39. The van der Waals surface area contributed by atoms with E-state index in [-0.39, 0.29) is 19.0 Å². The molecule has 3 unspecified atom stereocenters. The highest BCUT2D eigenvalue weighted by molar-refractivity contribution is 5.73. The molecule has 2 heterocycles. The number of pyridine rings is 1. The summed E-state index contributed by atoms with van der Waals surface area (Å²) in [5.74, 6) is -4.55. The van der Waals surface area contributed by atoms with Crippen molar-refractivity contribution < 1.29 is 36.2 Å². The van der Waals surface area contributed by atoms with Gasteiger partial charge >= 0.3 is 18.3 Å². The van der Waals surface area contributed by atoms with Gasteiger partial charge in [0.1, 0.15) is 0 Å². The number of aliphatic carboxylic acids is 1. The van der Waals surface area contributed by atoms with Gasteiger partial charge in [0.05, 0.1) is 5.92 Å². The maximum Gasteiger partial charge on any atom is 0.490 e. The van der Waals surface area contributed by atoms with Gasteiger partial charge in [0.25, 0.3) is 0 Å². The number of carboxylic acid groups (broad SMARTS) is 1. The SMILES string of the molecule is CC(c1ccncc1)N1CCC(C(F)(F)F)C(CN)C1.O=C(O)C(F)(F)F. The van der Waals surface area contributed by atoms with E-state index in [1.165, 1.54) is 0 Å². The lowest BCUT2D eigenvalue weighted by Gasteiger charge is -2.41. The number of likely N-dealkylation sites (tertiary alicyclic amines) is 1. The number of carbonyl (C=O) groups is 1. The van der Waals surface area contributed by atoms with Crippen molar-refractivity contribution in [3.05, 3.63) is 30.1 Å². The number of hydrogen-bond acceptors (Lipinski definition) is 4. The van der Waals surface area contributed by atoms with Crippen molar-refractivity contribution in [3.63, 3.8) is 0 Å². The van der Waals surface area contributed by atoms with Crippen LogP contribution in [-0.4, -0.2) is 52.9 Å². The number of halogens is 6. The first-order valence-corrected chi connectivity index (χ1v) is 8.08. The van der Waals surface area contributed by atoms with Gasteiger partial charge in [-0.15, -0.1) is 0 Å². The van der Waals surface area contributed by atoms with Crippen molar-refractivity contribution in [2.45, 2.75) is 31.7 Å². The van der Waals surface area contributed by atoms with Gasteiger partial charge in [0.15, 0.2) is 0 Å². The predicted molar refractivity (Wildman–Crippen MR) is 84.6 cm³/mol. The van der Waals surface area contributed by atoms with Crippen molar-refractivity contribution in [3.8, 4) is 0 Å². The summed E-state index contributed by atoms with van der Waals surface area (Å²) in [6.07, 6.45) is -5.69.